The fourth-order valence-electron chi connectivity index (χ4n) is 2.44. The molecule has 0 saturated carbocycles. The lowest BCUT2D eigenvalue weighted by atomic mass is 9.90. The molecule has 0 spiro atoms. The second-order valence-electron chi connectivity index (χ2n) is 5.28. The summed E-state index contributed by atoms with van der Waals surface area (Å²) in [5.74, 6) is -0.522. The minimum Gasteiger partial charge on any atom is -0.479 e. The fraction of sp³-hybridized carbons (Fsp3) is 0.429. The number of carboxylic acid groups (broad SMARTS) is 1. The number of fused-ring (bicyclic) bond motifs is 1. The van der Waals surface area contributed by atoms with Crippen LogP contribution in [0.2, 0.25) is 0 Å². The number of para-hydroxylation sites is 2. The van der Waals surface area contributed by atoms with Gasteiger partial charge in [-0.25, -0.2) is 9.78 Å². The van der Waals surface area contributed by atoms with E-state index in [0.717, 1.165) is 11.0 Å². The second-order valence-corrected chi connectivity index (χ2v) is 5.28. The monoisotopic (exact) mass is 246 g/mol. The Labute approximate surface area is 106 Å². The maximum absolute atomic E-state index is 11.7. The molecule has 96 valence electrons. The van der Waals surface area contributed by atoms with E-state index in [0.29, 0.717) is 12.3 Å². The summed E-state index contributed by atoms with van der Waals surface area (Å²) in [7, 11) is 0. The molecule has 0 aliphatic heterocycles. The Bertz CT molecular complexity index is 574. The molecule has 0 radical (unpaired) electrons. The van der Waals surface area contributed by atoms with Crippen molar-refractivity contribution in [3.8, 4) is 0 Å². The number of hydrogen-bond acceptors (Lipinski definition) is 2. The summed E-state index contributed by atoms with van der Waals surface area (Å²) >= 11 is 0. The predicted octanol–water partition coefficient (Wildman–Crippen LogP) is 2.88. The second kappa shape index (κ2) is 4.44. The molecule has 0 bridgehead atoms. The van der Waals surface area contributed by atoms with Crippen molar-refractivity contribution in [1.82, 2.24) is 9.55 Å². The van der Waals surface area contributed by atoms with E-state index in [4.69, 9.17) is 0 Å². The van der Waals surface area contributed by atoms with E-state index >= 15 is 0 Å². The van der Waals surface area contributed by atoms with Crippen LogP contribution in [0.4, 0.5) is 0 Å². The van der Waals surface area contributed by atoms with Crippen LogP contribution in [0.5, 0.6) is 0 Å². The average molecular weight is 246 g/mol. The van der Waals surface area contributed by atoms with Gasteiger partial charge in [0.25, 0.3) is 0 Å². The molecule has 1 unspecified atom stereocenters. The molecule has 2 rings (SSSR count). The highest BCUT2D eigenvalue weighted by atomic mass is 16.4. The molecule has 18 heavy (non-hydrogen) atoms. The maximum Gasteiger partial charge on any atom is 0.329 e. The van der Waals surface area contributed by atoms with Crippen molar-refractivity contribution in [2.24, 2.45) is 5.92 Å². The van der Waals surface area contributed by atoms with Crippen LogP contribution in [0.1, 0.15) is 27.2 Å². The number of carbonyl (C=O) groups is 1. The summed E-state index contributed by atoms with van der Waals surface area (Å²) in [5, 5.41) is 9.56. The molecular weight excluding hydrogens is 228 g/mol. The van der Waals surface area contributed by atoms with Crippen molar-refractivity contribution >= 4 is 17.0 Å². The number of benzene rings is 1. The van der Waals surface area contributed by atoms with Crippen molar-refractivity contribution in [1.29, 1.82) is 0 Å². The number of carboxylic acids is 1. The molecule has 1 aromatic carbocycles. The first kappa shape index (κ1) is 12.6. The number of imidazole rings is 1. The molecule has 0 amide bonds. The third-order valence-corrected chi connectivity index (χ3v) is 3.25. The van der Waals surface area contributed by atoms with Gasteiger partial charge in [0.2, 0.25) is 0 Å². The van der Waals surface area contributed by atoms with Crippen LogP contribution in [0.3, 0.4) is 0 Å². The van der Waals surface area contributed by atoms with E-state index in [9.17, 15) is 9.90 Å². The lowest BCUT2D eigenvalue weighted by molar-refractivity contribution is -0.147. The van der Waals surface area contributed by atoms with Gasteiger partial charge in [-0.1, -0.05) is 26.0 Å². The van der Waals surface area contributed by atoms with Crippen molar-refractivity contribution in [2.45, 2.75) is 32.7 Å². The van der Waals surface area contributed by atoms with Crippen LogP contribution >= 0.6 is 0 Å². The van der Waals surface area contributed by atoms with E-state index in [-0.39, 0.29) is 0 Å². The Morgan fingerprint density at radius 2 is 2.11 bits per heavy atom. The Morgan fingerprint density at radius 3 is 2.72 bits per heavy atom. The summed E-state index contributed by atoms with van der Waals surface area (Å²) in [6.45, 7) is 5.81. The van der Waals surface area contributed by atoms with Gasteiger partial charge in [-0.15, -0.1) is 0 Å². The Kier molecular flexibility index (Phi) is 3.11. The zero-order valence-electron chi connectivity index (χ0n) is 10.9. The zero-order chi connectivity index (χ0) is 13.3. The van der Waals surface area contributed by atoms with E-state index in [1.165, 1.54) is 0 Å². The molecule has 4 nitrogen and oxygen atoms in total. The van der Waals surface area contributed by atoms with Crippen LogP contribution in [0.25, 0.3) is 11.0 Å². The first-order valence-electron chi connectivity index (χ1n) is 6.11. The molecule has 0 saturated heterocycles. The molecular formula is C14H18N2O2. The zero-order valence-corrected chi connectivity index (χ0v) is 10.9. The van der Waals surface area contributed by atoms with Crippen LogP contribution in [0, 0.1) is 5.92 Å². The highest BCUT2D eigenvalue weighted by molar-refractivity contribution is 5.82. The smallest absolute Gasteiger partial charge is 0.329 e. The number of aliphatic carboxylic acids is 1. The van der Waals surface area contributed by atoms with Gasteiger partial charge >= 0.3 is 5.97 Å². The topological polar surface area (TPSA) is 55.1 Å². The normalized spacial score (nSPS) is 14.9. The summed E-state index contributed by atoms with van der Waals surface area (Å²) in [6, 6.07) is 7.60. The lowest BCUT2D eigenvalue weighted by Crippen LogP contribution is -2.39. The average Bonchev–Trinajstić information content (AvgIpc) is 2.71. The molecule has 0 aliphatic carbocycles. The van der Waals surface area contributed by atoms with E-state index in [1.807, 2.05) is 38.1 Å². The van der Waals surface area contributed by atoms with Crippen molar-refractivity contribution in [3.63, 3.8) is 0 Å². The molecule has 1 heterocycles. The molecule has 1 aromatic heterocycles. The van der Waals surface area contributed by atoms with Gasteiger partial charge in [-0.2, -0.15) is 0 Å². The van der Waals surface area contributed by atoms with Crippen LogP contribution in [-0.4, -0.2) is 20.6 Å². The van der Waals surface area contributed by atoms with E-state index in [2.05, 4.69) is 4.98 Å². The van der Waals surface area contributed by atoms with Gasteiger partial charge in [-0.05, 0) is 31.4 Å². The van der Waals surface area contributed by atoms with Crippen LogP contribution < -0.4 is 0 Å². The summed E-state index contributed by atoms with van der Waals surface area (Å²) in [4.78, 5) is 15.9. The molecule has 0 fully saturated rings. The van der Waals surface area contributed by atoms with Gasteiger partial charge in [-0.3, -0.25) is 0 Å². The molecule has 2 aromatic rings. The molecule has 4 heteroatoms. The van der Waals surface area contributed by atoms with Crippen molar-refractivity contribution in [2.75, 3.05) is 0 Å². The minimum absolute atomic E-state index is 0.298. The van der Waals surface area contributed by atoms with Gasteiger partial charge < -0.3 is 9.67 Å². The van der Waals surface area contributed by atoms with Gasteiger partial charge in [0, 0.05) is 0 Å². The first-order chi connectivity index (χ1) is 8.45. The lowest BCUT2D eigenvalue weighted by Gasteiger charge is -2.29. The van der Waals surface area contributed by atoms with E-state index in [1.54, 1.807) is 17.8 Å². The third-order valence-electron chi connectivity index (χ3n) is 3.25. The van der Waals surface area contributed by atoms with Crippen molar-refractivity contribution in [3.05, 3.63) is 30.6 Å². The summed E-state index contributed by atoms with van der Waals surface area (Å²) < 4.78 is 1.77. The number of nitrogens with zero attached hydrogens (tertiary/aromatic N) is 2. The van der Waals surface area contributed by atoms with Gasteiger partial charge in [0.1, 0.15) is 5.54 Å². The SMILES string of the molecule is CC(C)CC(C)(C(=O)O)n1cnc2ccccc21. The highest BCUT2D eigenvalue weighted by Gasteiger charge is 2.36. The fourth-order valence-corrected chi connectivity index (χ4v) is 2.44. The Hall–Kier alpha value is -1.84. The molecule has 1 N–H and O–H groups in total. The van der Waals surface area contributed by atoms with Gasteiger partial charge in [0.15, 0.2) is 0 Å². The largest absolute Gasteiger partial charge is 0.479 e. The summed E-state index contributed by atoms with van der Waals surface area (Å²) in [5.41, 5.74) is 0.737. The molecule has 1 atom stereocenters. The number of aromatic nitrogens is 2. The standard InChI is InChI=1S/C14H18N2O2/c1-10(2)8-14(3,13(17)18)16-9-15-11-6-4-5-7-12(11)16/h4-7,9-10H,8H2,1-3H3,(H,17,18). The minimum atomic E-state index is -0.954. The first-order valence-corrected chi connectivity index (χ1v) is 6.11. The predicted molar refractivity (Wildman–Crippen MR) is 70.5 cm³/mol. The molecule has 0 aliphatic rings. The highest BCUT2D eigenvalue weighted by Crippen LogP contribution is 2.29. The van der Waals surface area contributed by atoms with Crippen molar-refractivity contribution < 1.29 is 9.90 Å². The third kappa shape index (κ3) is 1.98. The van der Waals surface area contributed by atoms with E-state index < -0.39 is 11.5 Å². The summed E-state index contributed by atoms with van der Waals surface area (Å²) in [6.07, 6.45) is 2.20. The Morgan fingerprint density at radius 1 is 1.44 bits per heavy atom. The van der Waals surface area contributed by atoms with Gasteiger partial charge in [0.05, 0.1) is 17.4 Å². The number of hydrogen-bond donors (Lipinski definition) is 1. The quantitative estimate of drug-likeness (QED) is 0.902. The van der Waals surface area contributed by atoms with Crippen LogP contribution in [0.15, 0.2) is 30.6 Å². The Balaban J connectivity index is 2.58. The van der Waals surface area contributed by atoms with Crippen LogP contribution in [-0.2, 0) is 10.3 Å². The maximum atomic E-state index is 11.7. The number of rotatable bonds is 4.